The van der Waals surface area contributed by atoms with Crippen molar-refractivity contribution in [2.45, 2.75) is 58.1 Å². The molecule has 2 heterocycles. The lowest BCUT2D eigenvalue weighted by atomic mass is 9.85. The quantitative estimate of drug-likeness (QED) is 0.920. The van der Waals surface area contributed by atoms with Crippen LogP contribution in [-0.2, 0) is 0 Å². The number of ether oxygens (including phenoxy) is 1. The highest BCUT2D eigenvalue weighted by molar-refractivity contribution is 5.55. The standard InChI is InChI=1S/C16H25N3O/c1-11(2)20-16-13(17)7-8-15(18-16)19-10-9-12-5-3-4-6-14(12)19/h7-8,11-12,14H,3-6,9-10,17H2,1-2H3. The van der Waals surface area contributed by atoms with E-state index in [4.69, 9.17) is 10.5 Å². The number of hydrogen-bond acceptors (Lipinski definition) is 4. The van der Waals surface area contributed by atoms with Gasteiger partial charge in [0.05, 0.1) is 11.8 Å². The zero-order chi connectivity index (χ0) is 14.1. The van der Waals surface area contributed by atoms with Gasteiger partial charge in [0.15, 0.2) is 0 Å². The van der Waals surface area contributed by atoms with Gasteiger partial charge in [-0.15, -0.1) is 0 Å². The molecule has 1 saturated heterocycles. The van der Waals surface area contributed by atoms with Gasteiger partial charge in [-0.25, -0.2) is 0 Å². The molecule has 4 heteroatoms. The first-order valence-electron chi connectivity index (χ1n) is 7.85. The highest BCUT2D eigenvalue weighted by Gasteiger charge is 2.36. The predicted octanol–water partition coefficient (Wildman–Crippen LogP) is 3.22. The number of pyridine rings is 1. The van der Waals surface area contributed by atoms with Crippen molar-refractivity contribution in [1.82, 2.24) is 4.98 Å². The van der Waals surface area contributed by atoms with Crippen LogP contribution in [0.25, 0.3) is 0 Å². The van der Waals surface area contributed by atoms with E-state index in [9.17, 15) is 0 Å². The number of nitrogens with zero attached hydrogens (tertiary/aromatic N) is 2. The molecule has 0 amide bonds. The summed E-state index contributed by atoms with van der Waals surface area (Å²) in [4.78, 5) is 7.13. The van der Waals surface area contributed by atoms with E-state index < -0.39 is 0 Å². The lowest BCUT2D eigenvalue weighted by Gasteiger charge is -2.32. The van der Waals surface area contributed by atoms with Crippen LogP contribution in [-0.4, -0.2) is 23.7 Å². The molecule has 0 bridgehead atoms. The lowest BCUT2D eigenvalue weighted by molar-refractivity contribution is 0.234. The van der Waals surface area contributed by atoms with Crippen LogP contribution < -0.4 is 15.4 Å². The van der Waals surface area contributed by atoms with Gasteiger partial charge in [-0.3, -0.25) is 0 Å². The molecule has 1 aromatic rings. The molecular weight excluding hydrogens is 250 g/mol. The fraction of sp³-hybridized carbons (Fsp3) is 0.688. The van der Waals surface area contributed by atoms with E-state index >= 15 is 0 Å². The third-order valence-corrected chi connectivity index (χ3v) is 4.53. The lowest BCUT2D eigenvalue weighted by Crippen LogP contribution is -2.35. The van der Waals surface area contributed by atoms with Gasteiger partial charge in [0.2, 0.25) is 5.88 Å². The number of hydrogen-bond donors (Lipinski definition) is 1. The first-order valence-corrected chi connectivity index (χ1v) is 7.85. The number of fused-ring (bicyclic) bond motifs is 1. The zero-order valence-corrected chi connectivity index (χ0v) is 12.5. The van der Waals surface area contributed by atoms with Crippen molar-refractivity contribution >= 4 is 11.5 Å². The van der Waals surface area contributed by atoms with E-state index in [0.717, 1.165) is 18.3 Å². The smallest absolute Gasteiger partial charge is 0.239 e. The predicted molar refractivity (Wildman–Crippen MR) is 82.1 cm³/mol. The molecule has 1 aliphatic heterocycles. The van der Waals surface area contributed by atoms with Gasteiger partial charge in [0.1, 0.15) is 5.82 Å². The second kappa shape index (κ2) is 5.51. The topological polar surface area (TPSA) is 51.4 Å². The number of rotatable bonds is 3. The SMILES string of the molecule is CC(C)Oc1nc(N2CCC3CCCCC32)ccc1N. The molecule has 3 rings (SSSR count). The van der Waals surface area contributed by atoms with Crippen molar-refractivity contribution in [1.29, 1.82) is 0 Å². The summed E-state index contributed by atoms with van der Waals surface area (Å²) >= 11 is 0. The maximum atomic E-state index is 5.96. The van der Waals surface area contributed by atoms with Crippen LogP contribution in [0.5, 0.6) is 5.88 Å². The minimum atomic E-state index is 0.0982. The number of nitrogens with two attached hydrogens (primary N) is 1. The summed E-state index contributed by atoms with van der Waals surface area (Å²) in [6.07, 6.45) is 6.83. The highest BCUT2D eigenvalue weighted by Crippen LogP contribution is 2.39. The molecule has 2 atom stereocenters. The van der Waals surface area contributed by atoms with E-state index in [1.165, 1.54) is 32.1 Å². The molecule has 0 spiro atoms. The average molecular weight is 275 g/mol. The summed E-state index contributed by atoms with van der Waals surface area (Å²) in [7, 11) is 0. The Balaban J connectivity index is 1.83. The molecule has 2 N–H and O–H groups in total. The van der Waals surface area contributed by atoms with Crippen molar-refractivity contribution in [3.8, 4) is 5.88 Å². The third kappa shape index (κ3) is 2.56. The first kappa shape index (κ1) is 13.5. The zero-order valence-electron chi connectivity index (χ0n) is 12.5. The van der Waals surface area contributed by atoms with E-state index in [1.807, 2.05) is 26.0 Å². The Bertz CT molecular complexity index is 475. The molecule has 1 saturated carbocycles. The molecular formula is C16H25N3O. The van der Waals surface area contributed by atoms with Crippen LogP contribution in [0, 0.1) is 5.92 Å². The molecule has 0 aromatic carbocycles. The van der Waals surface area contributed by atoms with Crippen molar-refractivity contribution < 1.29 is 4.74 Å². The summed E-state index contributed by atoms with van der Waals surface area (Å²) in [5.41, 5.74) is 6.59. The van der Waals surface area contributed by atoms with Crippen molar-refractivity contribution in [2.75, 3.05) is 17.2 Å². The van der Waals surface area contributed by atoms with Crippen LogP contribution in [0.15, 0.2) is 12.1 Å². The van der Waals surface area contributed by atoms with Crippen LogP contribution in [0.2, 0.25) is 0 Å². The van der Waals surface area contributed by atoms with E-state index in [-0.39, 0.29) is 6.10 Å². The van der Waals surface area contributed by atoms with Crippen LogP contribution in [0.4, 0.5) is 11.5 Å². The minimum absolute atomic E-state index is 0.0982. The Morgan fingerprint density at radius 2 is 2.05 bits per heavy atom. The van der Waals surface area contributed by atoms with Crippen molar-refractivity contribution in [2.24, 2.45) is 5.92 Å². The fourth-order valence-corrected chi connectivity index (χ4v) is 3.61. The summed E-state index contributed by atoms with van der Waals surface area (Å²) in [6.45, 7) is 5.12. The maximum absolute atomic E-state index is 5.96. The summed E-state index contributed by atoms with van der Waals surface area (Å²) in [6, 6.07) is 4.64. The van der Waals surface area contributed by atoms with Crippen LogP contribution in [0.1, 0.15) is 46.0 Å². The summed E-state index contributed by atoms with van der Waals surface area (Å²) < 4.78 is 5.72. The molecule has 4 nitrogen and oxygen atoms in total. The molecule has 1 aromatic heterocycles. The minimum Gasteiger partial charge on any atom is -0.473 e. The first-order chi connectivity index (χ1) is 9.65. The van der Waals surface area contributed by atoms with Gasteiger partial charge in [-0.1, -0.05) is 12.8 Å². The molecule has 2 unspecified atom stereocenters. The summed E-state index contributed by atoms with van der Waals surface area (Å²) in [5, 5.41) is 0. The van der Waals surface area contributed by atoms with Gasteiger partial charge in [-0.05, 0) is 51.2 Å². The van der Waals surface area contributed by atoms with Crippen LogP contribution >= 0.6 is 0 Å². The molecule has 110 valence electrons. The van der Waals surface area contributed by atoms with Gasteiger partial charge in [-0.2, -0.15) is 4.98 Å². The number of nitrogen functional groups attached to an aromatic ring is 1. The Morgan fingerprint density at radius 1 is 1.25 bits per heavy atom. The van der Waals surface area contributed by atoms with E-state index in [2.05, 4.69) is 9.88 Å². The number of aromatic nitrogens is 1. The van der Waals surface area contributed by atoms with E-state index in [0.29, 0.717) is 17.6 Å². The normalized spacial score (nSPS) is 25.9. The molecule has 2 fully saturated rings. The molecule has 20 heavy (non-hydrogen) atoms. The Labute approximate surface area is 121 Å². The Morgan fingerprint density at radius 3 is 2.85 bits per heavy atom. The molecule has 2 aliphatic rings. The summed E-state index contributed by atoms with van der Waals surface area (Å²) in [5.74, 6) is 2.47. The largest absolute Gasteiger partial charge is 0.473 e. The van der Waals surface area contributed by atoms with E-state index in [1.54, 1.807) is 0 Å². The third-order valence-electron chi connectivity index (χ3n) is 4.53. The van der Waals surface area contributed by atoms with Gasteiger partial charge in [0, 0.05) is 12.6 Å². The monoisotopic (exact) mass is 275 g/mol. The van der Waals surface area contributed by atoms with Crippen LogP contribution in [0.3, 0.4) is 0 Å². The second-order valence-corrected chi connectivity index (χ2v) is 6.32. The molecule has 1 aliphatic carbocycles. The number of anilines is 2. The van der Waals surface area contributed by atoms with Gasteiger partial charge >= 0.3 is 0 Å². The maximum Gasteiger partial charge on any atom is 0.239 e. The Hall–Kier alpha value is -1.45. The van der Waals surface area contributed by atoms with Crippen molar-refractivity contribution in [3.05, 3.63) is 12.1 Å². The average Bonchev–Trinajstić information content (AvgIpc) is 2.85. The van der Waals surface area contributed by atoms with Gasteiger partial charge in [0.25, 0.3) is 0 Å². The molecule has 0 radical (unpaired) electrons. The van der Waals surface area contributed by atoms with Crippen molar-refractivity contribution in [3.63, 3.8) is 0 Å². The highest BCUT2D eigenvalue weighted by atomic mass is 16.5. The second-order valence-electron chi connectivity index (χ2n) is 6.32. The van der Waals surface area contributed by atoms with Gasteiger partial charge < -0.3 is 15.4 Å². The fourth-order valence-electron chi connectivity index (χ4n) is 3.61. The Kier molecular flexibility index (Phi) is 3.72.